The normalized spacial score (nSPS) is 11.8. The fourth-order valence-electron chi connectivity index (χ4n) is 2.45. The molecular formula is C21H37IN4O4. The monoisotopic (exact) mass is 536 g/mol. The number of hydrogen-bond donors (Lipinski definition) is 3. The third-order valence-electron chi connectivity index (χ3n) is 4.01. The summed E-state index contributed by atoms with van der Waals surface area (Å²) in [6.45, 7) is 8.54. The molecule has 1 rings (SSSR count). The lowest BCUT2D eigenvalue weighted by atomic mass is 10.1. The van der Waals surface area contributed by atoms with E-state index in [-0.39, 0.29) is 42.5 Å². The van der Waals surface area contributed by atoms with Gasteiger partial charge in [-0.2, -0.15) is 0 Å². The molecule has 30 heavy (non-hydrogen) atoms. The number of ether oxygens (including phenoxy) is 3. The summed E-state index contributed by atoms with van der Waals surface area (Å²) >= 11 is 0. The van der Waals surface area contributed by atoms with E-state index in [0.29, 0.717) is 32.3 Å². The molecule has 0 saturated carbocycles. The van der Waals surface area contributed by atoms with E-state index in [1.807, 2.05) is 25.1 Å². The Labute approximate surface area is 197 Å². The first-order chi connectivity index (χ1) is 14.0. The van der Waals surface area contributed by atoms with Crippen molar-refractivity contribution >= 4 is 35.8 Å². The van der Waals surface area contributed by atoms with Crippen LogP contribution in [-0.2, 0) is 9.53 Å². The van der Waals surface area contributed by atoms with Gasteiger partial charge < -0.3 is 30.2 Å². The number of amides is 1. The second-order valence-electron chi connectivity index (χ2n) is 6.54. The van der Waals surface area contributed by atoms with Gasteiger partial charge in [-0.3, -0.25) is 9.79 Å². The van der Waals surface area contributed by atoms with E-state index in [1.165, 1.54) is 0 Å². The number of nitrogens with one attached hydrogen (secondary N) is 3. The largest absolute Gasteiger partial charge is 0.490 e. The van der Waals surface area contributed by atoms with Gasteiger partial charge in [-0.25, -0.2) is 0 Å². The Bertz CT molecular complexity index is 643. The van der Waals surface area contributed by atoms with Crippen LogP contribution in [0.2, 0.25) is 0 Å². The third kappa shape index (κ3) is 10.9. The van der Waals surface area contributed by atoms with E-state index in [1.54, 1.807) is 14.2 Å². The Morgan fingerprint density at radius 1 is 1.07 bits per heavy atom. The standard InChI is InChI=1S/C21H36N4O4.HI/c1-6-11-28-18-9-8-17(14-19(18)29-12-7-2)16(3)25-21(22-4)24-15-20(26)23-10-13-27-5;/h8-9,14,16H,6-7,10-13,15H2,1-5H3,(H,23,26)(H2,22,24,25);1H. The molecule has 0 saturated heterocycles. The quantitative estimate of drug-likeness (QED) is 0.156. The molecule has 9 heteroatoms. The molecule has 0 aliphatic carbocycles. The maximum Gasteiger partial charge on any atom is 0.239 e. The van der Waals surface area contributed by atoms with Crippen molar-refractivity contribution < 1.29 is 19.0 Å². The SMILES string of the molecule is CCCOc1ccc(C(C)NC(=NC)NCC(=O)NCCOC)cc1OCCC.I. The smallest absolute Gasteiger partial charge is 0.239 e. The zero-order valence-electron chi connectivity index (χ0n) is 18.7. The average molecular weight is 536 g/mol. The van der Waals surface area contributed by atoms with Crippen molar-refractivity contribution in [2.24, 2.45) is 4.99 Å². The van der Waals surface area contributed by atoms with Crippen LogP contribution in [0.5, 0.6) is 11.5 Å². The first-order valence-corrected chi connectivity index (χ1v) is 10.2. The van der Waals surface area contributed by atoms with E-state index >= 15 is 0 Å². The molecule has 1 aromatic rings. The third-order valence-corrected chi connectivity index (χ3v) is 4.01. The lowest BCUT2D eigenvalue weighted by Gasteiger charge is -2.20. The number of halogens is 1. The summed E-state index contributed by atoms with van der Waals surface area (Å²) in [4.78, 5) is 16.0. The molecule has 172 valence electrons. The van der Waals surface area contributed by atoms with Crippen LogP contribution < -0.4 is 25.4 Å². The van der Waals surface area contributed by atoms with Gasteiger partial charge in [-0.1, -0.05) is 19.9 Å². The van der Waals surface area contributed by atoms with E-state index in [4.69, 9.17) is 14.2 Å². The van der Waals surface area contributed by atoms with E-state index in [9.17, 15) is 4.79 Å². The first kappa shape index (κ1) is 28.2. The number of guanidine groups is 1. The molecule has 1 aromatic carbocycles. The van der Waals surface area contributed by atoms with Crippen molar-refractivity contribution in [2.45, 2.75) is 39.7 Å². The summed E-state index contributed by atoms with van der Waals surface area (Å²) in [5.74, 6) is 1.92. The molecule has 0 aliphatic heterocycles. The highest BCUT2D eigenvalue weighted by Gasteiger charge is 2.13. The van der Waals surface area contributed by atoms with Crippen LogP contribution in [0, 0.1) is 0 Å². The van der Waals surface area contributed by atoms with Gasteiger partial charge in [0.15, 0.2) is 17.5 Å². The van der Waals surface area contributed by atoms with E-state index in [0.717, 1.165) is 29.9 Å². The molecular weight excluding hydrogens is 499 g/mol. The number of methoxy groups -OCH3 is 1. The van der Waals surface area contributed by atoms with Crippen LogP contribution in [-0.4, -0.2) is 58.9 Å². The Balaban J connectivity index is 0.00000841. The second kappa shape index (κ2) is 17.0. The first-order valence-electron chi connectivity index (χ1n) is 10.2. The predicted molar refractivity (Wildman–Crippen MR) is 131 cm³/mol. The van der Waals surface area contributed by atoms with E-state index < -0.39 is 0 Å². The minimum atomic E-state index is -0.120. The number of carbonyl (C=O) groups is 1. The van der Waals surface area contributed by atoms with Gasteiger partial charge in [0, 0.05) is 20.7 Å². The predicted octanol–water partition coefficient (Wildman–Crippen LogP) is 2.87. The maximum absolute atomic E-state index is 11.8. The van der Waals surface area contributed by atoms with Gasteiger partial charge >= 0.3 is 0 Å². The van der Waals surface area contributed by atoms with Gasteiger partial charge in [-0.15, -0.1) is 24.0 Å². The van der Waals surface area contributed by atoms with Crippen molar-refractivity contribution in [2.75, 3.05) is 47.1 Å². The maximum atomic E-state index is 11.8. The number of carbonyl (C=O) groups excluding carboxylic acids is 1. The summed E-state index contributed by atoms with van der Waals surface area (Å²) < 4.78 is 16.6. The highest BCUT2D eigenvalue weighted by Crippen LogP contribution is 2.31. The van der Waals surface area contributed by atoms with Gasteiger partial charge in [0.25, 0.3) is 0 Å². The van der Waals surface area contributed by atoms with Crippen molar-refractivity contribution in [3.8, 4) is 11.5 Å². The van der Waals surface area contributed by atoms with Gasteiger partial charge in [-0.05, 0) is 37.5 Å². The molecule has 0 heterocycles. The van der Waals surface area contributed by atoms with Crippen molar-refractivity contribution in [3.05, 3.63) is 23.8 Å². The summed E-state index contributed by atoms with van der Waals surface area (Å²) in [5.41, 5.74) is 1.03. The molecule has 0 radical (unpaired) electrons. The molecule has 3 N–H and O–H groups in total. The number of aliphatic imine (C=N–C) groups is 1. The summed E-state index contributed by atoms with van der Waals surface area (Å²) in [6.07, 6.45) is 1.86. The summed E-state index contributed by atoms with van der Waals surface area (Å²) in [5, 5.41) is 9.06. The van der Waals surface area contributed by atoms with Gasteiger partial charge in [0.05, 0.1) is 32.4 Å². The number of rotatable bonds is 13. The lowest BCUT2D eigenvalue weighted by Crippen LogP contribution is -2.44. The summed E-state index contributed by atoms with van der Waals surface area (Å²) in [6, 6.07) is 5.89. The van der Waals surface area contributed by atoms with Crippen molar-refractivity contribution in [3.63, 3.8) is 0 Å². The number of benzene rings is 1. The molecule has 0 aromatic heterocycles. The highest BCUT2D eigenvalue weighted by atomic mass is 127. The minimum Gasteiger partial charge on any atom is -0.490 e. The van der Waals surface area contributed by atoms with Crippen LogP contribution in [0.3, 0.4) is 0 Å². The Kier molecular flexibility index (Phi) is 16.0. The average Bonchev–Trinajstić information content (AvgIpc) is 2.73. The van der Waals surface area contributed by atoms with Crippen molar-refractivity contribution in [1.82, 2.24) is 16.0 Å². The molecule has 8 nitrogen and oxygen atoms in total. The van der Waals surface area contributed by atoms with Crippen LogP contribution in [0.15, 0.2) is 23.2 Å². The van der Waals surface area contributed by atoms with Crippen LogP contribution in [0.1, 0.15) is 45.2 Å². The molecule has 0 bridgehead atoms. The minimum absolute atomic E-state index is 0. The van der Waals surface area contributed by atoms with E-state index in [2.05, 4.69) is 34.8 Å². The van der Waals surface area contributed by atoms with Gasteiger partial charge in [0.2, 0.25) is 5.91 Å². The molecule has 1 amide bonds. The van der Waals surface area contributed by atoms with Crippen LogP contribution >= 0.6 is 24.0 Å². The van der Waals surface area contributed by atoms with Crippen molar-refractivity contribution in [1.29, 1.82) is 0 Å². The fourth-order valence-corrected chi connectivity index (χ4v) is 2.45. The Morgan fingerprint density at radius 3 is 2.33 bits per heavy atom. The zero-order chi connectivity index (χ0) is 21.5. The number of hydrogen-bond acceptors (Lipinski definition) is 5. The Morgan fingerprint density at radius 2 is 1.73 bits per heavy atom. The highest BCUT2D eigenvalue weighted by molar-refractivity contribution is 14.0. The van der Waals surface area contributed by atoms with Crippen LogP contribution in [0.4, 0.5) is 0 Å². The topological polar surface area (TPSA) is 93.2 Å². The number of nitrogens with zero attached hydrogens (tertiary/aromatic N) is 1. The molecule has 0 fully saturated rings. The molecule has 1 unspecified atom stereocenters. The van der Waals surface area contributed by atoms with Gasteiger partial charge in [0.1, 0.15) is 0 Å². The molecule has 0 aliphatic rings. The summed E-state index contributed by atoms with van der Waals surface area (Å²) in [7, 11) is 3.26. The molecule has 0 spiro atoms. The Hall–Kier alpha value is -1.75. The second-order valence-corrected chi connectivity index (χ2v) is 6.54. The van der Waals surface area contributed by atoms with Crippen LogP contribution in [0.25, 0.3) is 0 Å². The molecule has 1 atom stereocenters. The fraction of sp³-hybridized carbons (Fsp3) is 0.619. The zero-order valence-corrected chi connectivity index (χ0v) is 21.1. The lowest BCUT2D eigenvalue weighted by molar-refractivity contribution is -0.120.